The molecule has 0 amide bonds. The number of rotatable bonds is 10. The van der Waals surface area contributed by atoms with Crippen LogP contribution >= 0.6 is 0 Å². The summed E-state index contributed by atoms with van der Waals surface area (Å²) < 4.78 is 0. The number of nitrogens with one attached hydrogen (secondary N) is 1. The lowest BCUT2D eigenvalue weighted by Gasteiger charge is -2.04. The fourth-order valence-electron chi connectivity index (χ4n) is 2.86. The Morgan fingerprint density at radius 1 is 0.947 bits per heavy atom. The van der Waals surface area contributed by atoms with Crippen LogP contribution in [0.4, 0.5) is 0 Å². The van der Waals surface area contributed by atoms with Crippen LogP contribution in [0.5, 0.6) is 0 Å². The molecule has 1 aliphatic rings. The Hall–Kier alpha value is -0.820. The van der Waals surface area contributed by atoms with Crippen LogP contribution in [-0.4, -0.2) is 12.6 Å². The Morgan fingerprint density at radius 2 is 1.63 bits per heavy atom. The Kier molecular flexibility index (Phi) is 6.43. The van der Waals surface area contributed by atoms with Crippen molar-refractivity contribution < 1.29 is 0 Å². The van der Waals surface area contributed by atoms with E-state index < -0.39 is 0 Å². The first-order valence-corrected chi connectivity index (χ1v) is 8.20. The summed E-state index contributed by atoms with van der Waals surface area (Å²) in [6.07, 6.45) is 11.1. The minimum atomic E-state index is 0.752. The van der Waals surface area contributed by atoms with Crippen LogP contribution in [0, 0.1) is 0 Å². The molecule has 1 N–H and O–H groups in total. The molecule has 2 unspecified atom stereocenters. The third-order valence-electron chi connectivity index (χ3n) is 4.21. The molecule has 1 nitrogen and oxygen atoms in total. The lowest BCUT2D eigenvalue weighted by atomic mass is 10.1. The molecule has 1 fully saturated rings. The summed E-state index contributed by atoms with van der Waals surface area (Å²) in [5, 5.41) is 3.71. The Labute approximate surface area is 118 Å². The second-order valence-electron chi connectivity index (χ2n) is 5.93. The maximum Gasteiger partial charge on any atom is 0.0143 e. The first-order chi connectivity index (χ1) is 9.42. The third kappa shape index (κ3) is 5.36. The maximum atomic E-state index is 3.71. The highest BCUT2D eigenvalue weighted by Gasteiger charge is 2.37. The lowest BCUT2D eigenvalue weighted by Crippen LogP contribution is -2.19. The summed E-state index contributed by atoms with van der Waals surface area (Å²) in [6.45, 7) is 3.49. The van der Waals surface area contributed by atoms with Crippen LogP contribution in [0.25, 0.3) is 0 Å². The van der Waals surface area contributed by atoms with E-state index in [9.17, 15) is 0 Å². The molecule has 0 radical (unpaired) electrons. The van der Waals surface area contributed by atoms with Crippen molar-refractivity contribution in [3.05, 3.63) is 35.9 Å². The zero-order valence-electron chi connectivity index (χ0n) is 12.4. The van der Waals surface area contributed by atoms with Crippen molar-refractivity contribution in [1.82, 2.24) is 5.32 Å². The van der Waals surface area contributed by atoms with Gasteiger partial charge in [0.2, 0.25) is 0 Å². The summed E-state index contributed by atoms with van der Waals surface area (Å²) in [7, 11) is 0. The van der Waals surface area contributed by atoms with E-state index in [2.05, 4.69) is 42.6 Å². The van der Waals surface area contributed by atoms with E-state index in [0.717, 1.165) is 12.0 Å². The van der Waals surface area contributed by atoms with Gasteiger partial charge in [0, 0.05) is 12.0 Å². The number of unbranched alkanes of at least 4 members (excludes halogenated alkanes) is 6. The molecule has 0 aromatic heterocycles. The SMILES string of the molecule is CCCCCCCCCNC1CC1c1ccccc1. The Morgan fingerprint density at radius 3 is 2.37 bits per heavy atom. The summed E-state index contributed by atoms with van der Waals surface area (Å²) in [4.78, 5) is 0. The van der Waals surface area contributed by atoms with E-state index in [1.165, 1.54) is 63.5 Å². The second kappa shape index (κ2) is 8.37. The van der Waals surface area contributed by atoms with E-state index >= 15 is 0 Å². The quantitative estimate of drug-likeness (QED) is 0.590. The molecule has 1 saturated carbocycles. The largest absolute Gasteiger partial charge is 0.313 e. The fraction of sp³-hybridized carbons (Fsp3) is 0.667. The van der Waals surface area contributed by atoms with Gasteiger partial charge in [-0.05, 0) is 24.9 Å². The summed E-state index contributed by atoms with van der Waals surface area (Å²) in [5.74, 6) is 0.783. The van der Waals surface area contributed by atoms with E-state index in [4.69, 9.17) is 0 Å². The molecule has 19 heavy (non-hydrogen) atoms. The van der Waals surface area contributed by atoms with Gasteiger partial charge in [-0.2, -0.15) is 0 Å². The molecule has 1 aromatic rings. The van der Waals surface area contributed by atoms with Crippen LogP contribution in [0.15, 0.2) is 30.3 Å². The Balaban J connectivity index is 1.45. The molecule has 1 aliphatic carbocycles. The van der Waals surface area contributed by atoms with Crippen LogP contribution in [0.1, 0.15) is 69.8 Å². The number of benzene rings is 1. The van der Waals surface area contributed by atoms with Gasteiger partial charge in [0.15, 0.2) is 0 Å². The molecule has 0 aliphatic heterocycles. The van der Waals surface area contributed by atoms with Crippen molar-refractivity contribution in [2.45, 2.75) is 70.3 Å². The fourth-order valence-corrected chi connectivity index (χ4v) is 2.86. The van der Waals surface area contributed by atoms with Crippen molar-refractivity contribution >= 4 is 0 Å². The maximum absolute atomic E-state index is 3.71. The van der Waals surface area contributed by atoms with Gasteiger partial charge in [0.05, 0.1) is 0 Å². The number of hydrogen-bond acceptors (Lipinski definition) is 1. The van der Waals surface area contributed by atoms with E-state index in [1.807, 2.05) is 0 Å². The van der Waals surface area contributed by atoms with E-state index in [1.54, 1.807) is 0 Å². The van der Waals surface area contributed by atoms with Gasteiger partial charge in [-0.1, -0.05) is 75.8 Å². The average Bonchev–Trinajstić information content (AvgIpc) is 3.22. The first kappa shape index (κ1) is 14.6. The van der Waals surface area contributed by atoms with Crippen molar-refractivity contribution in [1.29, 1.82) is 0 Å². The van der Waals surface area contributed by atoms with Gasteiger partial charge in [0.25, 0.3) is 0 Å². The minimum Gasteiger partial charge on any atom is -0.313 e. The molecular weight excluding hydrogens is 230 g/mol. The number of hydrogen-bond donors (Lipinski definition) is 1. The highest BCUT2D eigenvalue weighted by molar-refractivity contribution is 5.27. The van der Waals surface area contributed by atoms with Gasteiger partial charge >= 0.3 is 0 Å². The molecular formula is C18H29N. The van der Waals surface area contributed by atoms with Gasteiger partial charge in [-0.3, -0.25) is 0 Å². The zero-order chi connectivity index (χ0) is 13.3. The van der Waals surface area contributed by atoms with Crippen LogP contribution in [0.3, 0.4) is 0 Å². The van der Waals surface area contributed by atoms with E-state index in [-0.39, 0.29) is 0 Å². The van der Waals surface area contributed by atoms with Crippen LogP contribution in [0.2, 0.25) is 0 Å². The summed E-state index contributed by atoms with van der Waals surface area (Å²) in [6, 6.07) is 11.7. The standard InChI is InChI=1S/C18H29N/c1-2-3-4-5-6-7-11-14-19-18-15-17(18)16-12-9-8-10-13-16/h8-10,12-13,17-19H,2-7,11,14-15H2,1H3. The topological polar surface area (TPSA) is 12.0 Å². The highest BCUT2D eigenvalue weighted by atomic mass is 15.0. The molecule has 0 saturated heterocycles. The molecule has 0 spiro atoms. The van der Waals surface area contributed by atoms with Crippen LogP contribution < -0.4 is 5.32 Å². The van der Waals surface area contributed by atoms with Crippen molar-refractivity contribution in [3.8, 4) is 0 Å². The first-order valence-electron chi connectivity index (χ1n) is 8.20. The molecule has 2 rings (SSSR count). The van der Waals surface area contributed by atoms with Crippen molar-refractivity contribution in [3.63, 3.8) is 0 Å². The lowest BCUT2D eigenvalue weighted by molar-refractivity contribution is 0.559. The highest BCUT2D eigenvalue weighted by Crippen LogP contribution is 2.40. The predicted molar refractivity (Wildman–Crippen MR) is 83.6 cm³/mol. The monoisotopic (exact) mass is 259 g/mol. The molecule has 106 valence electrons. The molecule has 1 aromatic carbocycles. The Bertz CT molecular complexity index is 333. The third-order valence-corrected chi connectivity index (χ3v) is 4.21. The average molecular weight is 259 g/mol. The normalized spacial score (nSPS) is 21.5. The van der Waals surface area contributed by atoms with Crippen molar-refractivity contribution in [2.24, 2.45) is 0 Å². The molecule has 1 heteroatoms. The van der Waals surface area contributed by atoms with Gasteiger partial charge in [0.1, 0.15) is 0 Å². The minimum absolute atomic E-state index is 0.752. The van der Waals surface area contributed by atoms with Gasteiger partial charge in [-0.15, -0.1) is 0 Å². The molecule has 2 atom stereocenters. The second-order valence-corrected chi connectivity index (χ2v) is 5.93. The molecule has 0 heterocycles. The van der Waals surface area contributed by atoms with Crippen LogP contribution in [-0.2, 0) is 0 Å². The molecule has 0 bridgehead atoms. The van der Waals surface area contributed by atoms with Crippen molar-refractivity contribution in [2.75, 3.05) is 6.54 Å². The smallest absolute Gasteiger partial charge is 0.0143 e. The van der Waals surface area contributed by atoms with E-state index in [0.29, 0.717) is 0 Å². The summed E-state index contributed by atoms with van der Waals surface area (Å²) >= 11 is 0. The summed E-state index contributed by atoms with van der Waals surface area (Å²) in [5.41, 5.74) is 1.51. The zero-order valence-corrected chi connectivity index (χ0v) is 12.4. The van der Waals surface area contributed by atoms with Gasteiger partial charge in [-0.25, -0.2) is 0 Å². The predicted octanol–water partition coefficient (Wildman–Crippen LogP) is 4.88. The van der Waals surface area contributed by atoms with Gasteiger partial charge < -0.3 is 5.32 Å².